The maximum absolute atomic E-state index is 13.7. The molecule has 224 valence electrons. The van der Waals surface area contributed by atoms with E-state index >= 15 is 0 Å². The normalized spacial score (nSPS) is 13.8. The molecule has 4 rings (SSSR count). The predicted octanol–water partition coefficient (Wildman–Crippen LogP) is 7.84. The minimum Gasteiger partial charge on any atom is -0.479 e. The summed E-state index contributed by atoms with van der Waals surface area (Å²) in [6.07, 6.45) is 6.18. The minimum atomic E-state index is -0.662. The van der Waals surface area contributed by atoms with E-state index in [0.29, 0.717) is 23.4 Å². The lowest BCUT2D eigenvalue weighted by Crippen LogP contribution is -2.37. The van der Waals surface area contributed by atoms with E-state index in [0.717, 1.165) is 34.5 Å². The van der Waals surface area contributed by atoms with E-state index in [4.69, 9.17) is 14.2 Å². The quantitative estimate of drug-likeness (QED) is 0.207. The van der Waals surface area contributed by atoms with Gasteiger partial charge < -0.3 is 19.1 Å². The number of hydrogen-bond donors (Lipinski definition) is 0. The van der Waals surface area contributed by atoms with Gasteiger partial charge in [0.25, 0.3) is 0 Å². The maximum Gasteiger partial charge on any atom is 0.351 e. The highest BCUT2D eigenvalue weighted by atomic mass is 79.9. The van der Waals surface area contributed by atoms with E-state index in [9.17, 15) is 14.4 Å². The number of benzene rings is 2. The number of carbonyl (C=O) groups is 3. The van der Waals surface area contributed by atoms with E-state index in [-0.39, 0.29) is 23.1 Å². The zero-order valence-corrected chi connectivity index (χ0v) is 27.0. The van der Waals surface area contributed by atoms with Gasteiger partial charge in [-0.25, -0.2) is 9.59 Å². The molecule has 0 spiro atoms. The number of nitrogens with zero attached hydrogens (tertiary/aromatic N) is 1. The van der Waals surface area contributed by atoms with Gasteiger partial charge in [-0.2, -0.15) is 0 Å². The first-order valence-corrected chi connectivity index (χ1v) is 15.9. The van der Waals surface area contributed by atoms with Crippen molar-refractivity contribution in [3.05, 3.63) is 69.5 Å². The fourth-order valence-corrected chi connectivity index (χ4v) is 7.07. The molecule has 1 aromatic heterocycles. The van der Waals surface area contributed by atoms with Crippen LogP contribution in [0.4, 0.5) is 5.69 Å². The number of esters is 2. The minimum absolute atomic E-state index is 0.0470. The highest BCUT2D eigenvalue weighted by Crippen LogP contribution is 2.46. The van der Waals surface area contributed by atoms with Gasteiger partial charge >= 0.3 is 11.9 Å². The molecule has 1 amide bonds. The van der Waals surface area contributed by atoms with Crippen molar-refractivity contribution in [1.82, 2.24) is 0 Å². The molecule has 1 heterocycles. The van der Waals surface area contributed by atoms with Crippen molar-refractivity contribution in [2.24, 2.45) is 5.92 Å². The molecule has 0 bridgehead atoms. The summed E-state index contributed by atoms with van der Waals surface area (Å²) >= 11 is 4.81. The summed E-state index contributed by atoms with van der Waals surface area (Å²) in [6.45, 7) is 5.63. The van der Waals surface area contributed by atoms with Gasteiger partial charge in [-0.1, -0.05) is 61.7 Å². The van der Waals surface area contributed by atoms with Crippen LogP contribution in [0.25, 0.3) is 10.4 Å². The molecule has 2 aromatic carbocycles. The van der Waals surface area contributed by atoms with Crippen LogP contribution in [0.5, 0.6) is 5.75 Å². The molecule has 0 N–H and O–H groups in total. The molecule has 0 unspecified atom stereocenters. The van der Waals surface area contributed by atoms with Crippen LogP contribution in [0.2, 0.25) is 0 Å². The van der Waals surface area contributed by atoms with E-state index in [2.05, 4.69) is 15.9 Å². The van der Waals surface area contributed by atoms with Crippen LogP contribution in [0, 0.1) is 5.92 Å². The Morgan fingerprint density at radius 1 is 1.00 bits per heavy atom. The third-order valence-electron chi connectivity index (χ3n) is 7.02. The Morgan fingerprint density at radius 3 is 2.38 bits per heavy atom. The van der Waals surface area contributed by atoms with Gasteiger partial charge in [0.1, 0.15) is 5.60 Å². The Balaban J connectivity index is 1.65. The lowest BCUT2D eigenvalue weighted by Gasteiger charge is -2.30. The zero-order chi connectivity index (χ0) is 30.3. The van der Waals surface area contributed by atoms with Crippen molar-refractivity contribution in [1.29, 1.82) is 0 Å². The second kappa shape index (κ2) is 14.3. The molecule has 1 aliphatic rings. The summed E-state index contributed by atoms with van der Waals surface area (Å²) in [4.78, 5) is 41.6. The Kier molecular flexibility index (Phi) is 10.8. The summed E-state index contributed by atoms with van der Waals surface area (Å²) in [5, 5.41) is 0. The van der Waals surface area contributed by atoms with E-state index in [1.807, 2.05) is 59.5 Å². The molecule has 1 aliphatic carbocycles. The molecule has 9 heteroatoms. The average molecular weight is 657 g/mol. The van der Waals surface area contributed by atoms with Crippen molar-refractivity contribution in [2.75, 3.05) is 25.2 Å². The van der Waals surface area contributed by atoms with Crippen LogP contribution in [0.3, 0.4) is 0 Å². The molecule has 42 heavy (non-hydrogen) atoms. The Hall–Kier alpha value is -3.17. The monoisotopic (exact) mass is 655 g/mol. The van der Waals surface area contributed by atoms with Gasteiger partial charge in [-0.05, 0) is 78.7 Å². The molecule has 3 aromatic rings. The second-order valence-electron chi connectivity index (χ2n) is 11.5. The molecule has 0 radical (unpaired) electrons. The van der Waals surface area contributed by atoms with E-state index in [1.54, 1.807) is 20.8 Å². The molecule has 1 saturated carbocycles. The number of hydrogen-bond acceptors (Lipinski definition) is 7. The first-order valence-electron chi connectivity index (χ1n) is 14.3. The standard InChI is InChI=1S/C33H38BrNO6S/c1-33(2,3)41-27(37)21-40-29-28(34)30(42-31(29)32(38)39-4)24-16-11-17-25(19-24)35(20-23-14-9-6-10-15-23)26(36)18-22-12-7-5-8-13-22/h5,7-8,11-13,16-17,19,23H,6,9-10,14-15,18,20-21H2,1-4H3. The molecule has 0 saturated heterocycles. The third kappa shape index (κ3) is 8.44. The number of thiophene rings is 1. The fourth-order valence-electron chi connectivity index (χ4n) is 5.10. The van der Waals surface area contributed by atoms with Crippen molar-refractivity contribution in [3.63, 3.8) is 0 Å². The van der Waals surface area contributed by atoms with Crippen LogP contribution < -0.4 is 9.64 Å². The van der Waals surface area contributed by atoms with Gasteiger partial charge in [-0.3, -0.25) is 4.79 Å². The molecular weight excluding hydrogens is 618 g/mol. The first-order chi connectivity index (χ1) is 20.1. The van der Waals surface area contributed by atoms with Crippen LogP contribution in [0.15, 0.2) is 59.1 Å². The summed E-state index contributed by atoms with van der Waals surface area (Å²) in [7, 11) is 1.30. The predicted molar refractivity (Wildman–Crippen MR) is 169 cm³/mol. The Morgan fingerprint density at radius 2 is 1.71 bits per heavy atom. The SMILES string of the molecule is COC(=O)c1sc(-c2cccc(N(CC3CCCCC3)C(=O)Cc3ccccc3)c2)c(Br)c1OCC(=O)OC(C)(C)C. The van der Waals surface area contributed by atoms with E-state index in [1.165, 1.54) is 37.7 Å². The summed E-state index contributed by atoms with van der Waals surface area (Å²) in [5.74, 6) is -0.396. The fraction of sp³-hybridized carbons (Fsp3) is 0.424. The molecule has 0 aliphatic heterocycles. The molecule has 1 fully saturated rings. The van der Waals surface area contributed by atoms with Crippen LogP contribution >= 0.6 is 27.3 Å². The maximum atomic E-state index is 13.7. The van der Waals surface area contributed by atoms with Crippen molar-refractivity contribution < 1.29 is 28.6 Å². The smallest absolute Gasteiger partial charge is 0.351 e. The number of carbonyl (C=O) groups excluding carboxylic acids is 3. The average Bonchev–Trinajstić information content (AvgIpc) is 3.30. The van der Waals surface area contributed by atoms with Crippen molar-refractivity contribution in [3.8, 4) is 16.2 Å². The number of rotatable bonds is 10. The van der Waals surface area contributed by atoms with Crippen molar-refractivity contribution >= 4 is 50.8 Å². The lowest BCUT2D eigenvalue weighted by molar-refractivity contribution is -0.157. The van der Waals surface area contributed by atoms with Crippen LogP contribution in [-0.2, 0) is 25.5 Å². The Bertz CT molecular complexity index is 1390. The van der Waals surface area contributed by atoms with Gasteiger partial charge in [0.15, 0.2) is 17.2 Å². The highest BCUT2D eigenvalue weighted by Gasteiger charge is 2.28. The topological polar surface area (TPSA) is 82.1 Å². The molecule has 0 atom stereocenters. The highest BCUT2D eigenvalue weighted by molar-refractivity contribution is 9.10. The van der Waals surface area contributed by atoms with Crippen molar-refractivity contribution in [2.45, 2.75) is 64.9 Å². The van der Waals surface area contributed by atoms with Gasteiger partial charge in [0, 0.05) is 12.2 Å². The van der Waals surface area contributed by atoms with Crippen LogP contribution in [0.1, 0.15) is 68.1 Å². The molecular formula is C33H38BrNO6S. The largest absolute Gasteiger partial charge is 0.479 e. The zero-order valence-electron chi connectivity index (χ0n) is 24.6. The Labute approximate surface area is 260 Å². The second-order valence-corrected chi connectivity index (χ2v) is 13.3. The third-order valence-corrected chi connectivity index (χ3v) is 9.24. The van der Waals surface area contributed by atoms with Gasteiger partial charge in [-0.15, -0.1) is 11.3 Å². The molecule has 7 nitrogen and oxygen atoms in total. The number of amides is 1. The summed E-state index contributed by atoms with van der Waals surface area (Å²) in [5.41, 5.74) is 1.92. The van der Waals surface area contributed by atoms with Gasteiger partial charge in [0.2, 0.25) is 5.91 Å². The number of ether oxygens (including phenoxy) is 3. The van der Waals surface area contributed by atoms with E-state index < -0.39 is 17.5 Å². The first kappa shape index (κ1) is 31.8. The van der Waals surface area contributed by atoms with Crippen LogP contribution in [-0.4, -0.2) is 43.7 Å². The number of halogens is 1. The summed E-state index contributed by atoms with van der Waals surface area (Å²) < 4.78 is 16.7. The lowest BCUT2D eigenvalue weighted by atomic mass is 9.88. The van der Waals surface area contributed by atoms with Gasteiger partial charge in [0.05, 0.1) is 22.9 Å². The number of methoxy groups -OCH3 is 1. The number of anilines is 1. The summed E-state index contributed by atoms with van der Waals surface area (Å²) in [6, 6.07) is 17.6.